The molecule has 6 nitrogen and oxygen atoms in total. The van der Waals surface area contributed by atoms with Crippen molar-refractivity contribution in [3.8, 4) is 0 Å². The molecule has 6 heteroatoms. The highest BCUT2D eigenvalue weighted by Gasteiger charge is 2.22. The van der Waals surface area contributed by atoms with Crippen LogP contribution in [-0.2, 0) is 9.59 Å². The first-order chi connectivity index (χ1) is 7.63. The molecule has 0 aliphatic heterocycles. The van der Waals surface area contributed by atoms with Gasteiger partial charge in [0, 0.05) is 13.0 Å². The molecule has 0 aromatic carbocycles. The molecule has 1 aliphatic rings. The number of nitrogens with one attached hydrogen (secondary N) is 2. The highest BCUT2D eigenvalue weighted by molar-refractivity contribution is 5.84. The second-order valence-corrected chi connectivity index (χ2v) is 4.04. The molecule has 92 valence electrons. The zero-order valence-corrected chi connectivity index (χ0v) is 9.11. The molecule has 0 bridgehead atoms. The summed E-state index contributed by atoms with van der Waals surface area (Å²) in [7, 11) is 0. The van der Waals surface area contributed by atoms with Gasteiger partial charge in [-0.2, -0.15) is 0 Å². The molecule has 0 spiro atoms. The third-order valence-corrected chi connectivity index (χ3v) is 2.47. The summed E-state index contributed by atoms with van der Waals surface area (Å²) in [5.74, 6) is -0.786. The van der Waals surface area contributed by atoms with Crippen LogP contribution in [0.1, 0.15) is 19.3 Å². The summed E-state index contributed by atoms with van der Waals surface area (Å²) < 4.78 is 0. The van der Waals surface area contributed by atoms with Crippen molar-refractivity contribution >= 4 is 11.9 Å². The van der Waals surface area contributed by atoms with Crippen LogP contribution in [0.3, 0.4) is 0 Å². The summed E-state index contributed by atoms with van der Waals surface area (Å²) in [6.45, 7) is 0.684. The number of rotatable bonds is 8. The summed E-state index contributed by atoms with van der Waals surface area (Å²) >= 11 is 0. The number of aliphatic carboxylic acids is 1. The topological polar surface area (TPSA) is 98.7 Å². The Labute approximate surface area is 94.0 Å². The SMILES string of the molecule is O=C(CNCC1CC1)N[C@@H](CCO)C(=O)O. The van der Waals surface area contributed by atoms with Crippen molar-refractivity contribution in [1.29, 1.82) is 0 Å². The lowest BCUT2D eigenvalue weighted by Crippen LogP contribution is -2.45. The van der Waals surface area contributed by atoms with Gasteiger partial charge < -0.3 is 20.8 Å². The second-order valence-electron chi connectivity index (χ2n) is 4.04. The van der Waals surface area contributed by atoms with Gasteiger partial charge in [0.05, 0.1) is 6.54 Å². The summed E-state index contributed by atoms with van der Waals surface area (Å²) in [5, 5.41) is 22.7. The number of carboxylic acids is 1. The van der Waals surface area contributed by atoms with Gasteiger partial charge in [-0.1, -0.05) is 0 Å². The largest absolute Gasteiger partial charge is 0.480 e. The normalized spacial score (nSPS) is 16.8. The first-order valence-corrected chi connectivity index (χ1v) is 5.47. The highest BCUT2D eigenvalue weighted by Crippen LogP contribution is 2.27. The van der Waals surface area contributed by atoms with E-state index < -0.39 is 12.0 Å². The van der Waals surface area contributed by atoms with Gasteiger partial charge in [-0.15, -0.1) is 0 Å². The number of carboxylic acid groups (broad SMARTS) is 1. The molecule has 1 amide bonds. The van der Waals surface area contributed by atoms with Gasteiger partial charge in [0.1, 0.15) is 6.04 Å². The molecule has 0 radical (unpaired) electrons. The Morgan fingerprint density at radius 3 is 2.56 bits per heavy atom. The summed E-state index contributed by atoms with van der Waals surface area (Å²) in [6, 6.07) is -1.000. The molecule has 1 atom stereocenters. The van der Waals surface area contributed by atoms with Crippen LogP contribution in [0.25, 0.3) is 0 Å². The predicted molar refractivity (Wildman–Crippen MR) is 56.9 cm³/mol. The van der Waals surface area contributed by atoms with Crippen LogP contribution in [0.2, 0.25) is 0 Å². The van der Waals surface area contributed by atoms with Gasteiger partial charge >= 0.3 is 5.97 Å². The number of aliphatic hydroxyl groups excluding tert-OH is 1. The molecule has 16 heavy (non-hydrogen) atoms. The average molecular weight is 230 g/mol. The fourth-order valence-electron chi connectivity index (χ4n) is 1.34. The Balaban J connectivity index is 2.15. The molecule has 4 N–H and O–H groups in total. The van der Waals surface area contributed by atoms with Crippen LogP contribution >= 0.6 is 0 Å². The van der Waals surface area contributed by atoms with E-state index in [0.29, 0.717) is 5.92 Å². The maximum Gasteiger partial charge on any atom is 0.326 e. The fraction of sp³-hybridized carbons (Fsp3) is 0.800. The molecule has 1 rings (SSSR count). The monoisotopic (exact) mass is 230 g/mol. The van der Waals surface area contributed by atoms with Gasteiger partial charge in [0.2, 0.25) is 5.91 Å². The van der Waals surface area contributed by atoms with Crippen LogP contribution in [-0.4, -0.2) is 47.8 Å². The Morgan fingerprint density at radius 1 is 1.38 bits per heavy atom. The minimum atomic E-state index is -1.12. The van der Waals surface area contributed by atoms with Gasteiger partial charge in [-0.05, 0) is 25.3 Å². The van der Waals surface area contributed by atoms with E-state index in [4.69, 9.17) is 10.2 Å². The van der Waals surface area contributed by atoms with Gasteiger partial charge in [0.15, 0.2) is 0 Å². The fourth-order valence-corrected chi connectivity index (χ4v) is 1.34. The molecule has 0 unspecified atom stereocenters. The first-order valence-electron chi connectivity index (χ1n) is 5.47. The maximum atomic E-state index is 11.3. The smallest absolute Gasteiger partial charge is 0.326 e. The zero-order chi connectivity index (χ0) is 12.0. The van der Waals surface area contributed by atoms with Gasteiger partial charge in [-0.3, -0.25) is 4.79 Å². The van der Waals surface area contributed by atoms with E-state index in [9.17, 15) is 9.59 Å². The van der Waals surface area contributed by atoms with E-state index in [1.165, 1.54) is 12.8 Å². The standard InChI is InChI=1S/C10H18N2O4/c13-4-3-8(10(15)16)12-9(14)6-11-5-7-1-2-7/h7-8,11,13H,1-6H2,(H,12,14)(H,15,16)/t8-/m0/s1. The second kappa shape index (κ2) is 6.44. The zero-order valence-electron chi connectivity index (χ0n) is 9.11. The van der Waals surface area contributed by atoms with Crippen LogP contribution in [0.15, 0.2) is 0 Å². The Kier molecular flexibility index (Phi) is 5.21. The van der Waals surface area contributed by atoms with Crippen LogP contribution in [0, 0.1) is 5.92 Å². The number of hydrogen-bond donors (Lipinski definition) is 4. The third-order valence-electron chi connectivity index (χ3n) is 2.47. The number of aliphatic hydroxyl groups is 1. The number of carbonyl (C=O) groups is 2. The van der Waals surface area contributed by atoms with Crippen molar-refractivity contribution in [1.82, 2.24) is 10.6 Å². The molecule has 0 saturated heterocycles. The molecular weight excluding hydrogens is 212 g/mol. The first kappa shape index (κ1) is 12.9. The minimum Gasteiger partial charge on any atom is -0.480 e. The lowest BCUT2D eigenvalue weighted by molar-refractivity contribution is -0.142. The van der Waals surface area contributed by atoms with E-state index in [1.54, 1.807) is 0 Å². The maximum absolute atomic E-state index is 11.3. The van der Waals surface area contributed by atoms with Crippen molar-refractivity contribution in [3.63, 3.8) is 0 Å². The molecular formula is C10H18N2O4. The van der Waals surface area contributed by atoms with Crippen molar-refractivity contribution in [3.05, 3.63) is 0 Å². The number of hydrogen-bond acceptors (Lipinski definition) is 4. The average Bonchev–Trinajstić information content (AvgIpc) is 3.01. The lowest BCUT2D eigenvalue weighted by atomic mass is 10.2. The van der Waals surface area contributed by atoms with E-state index >= 15 is 0 Å². The molecule has 0 heterocycles. The predicted octanol–water partition coefficient (Wildman–Crippen LogP) is -1.06. The number of carbonyl (C=O) groups excluding carboxylic acids is 1. The Morgan fingerprint density at radius 2 is 2.06 bits per heavy atom. The van der Waals surface area contributed by atoms with E-state index in [1.807, 2.05) is 0 Å². The van der Waals surface area contributed by atoms with E-state index in [0.717, 1.165) is 6.54 Å². The van der Waals surface area contributed by atoms with Gasteiger partial charge in [-0.25, -0.2) is 4.79 Å². The van der Waals surface area contributed by atoms with Crippen molar-refractivity contribution in [2.75, 3.05) is 19.7 Å². The van der Waals surface area contributed by atoms with Crippen LogP contribution < -0.4 is 10.6 Å². The highest BCUT2D eigenvalue weighted by atomic mass is 16.4. The van der Waals surface area contributed by atoms with E-state index in [-0.39, 0.29) is 25.5 Å². The summed E-state index contributed by atoms with van der Waals surface area (Å²) in [6.07, 6.45) is 2.44. The third kappa shape index (κ3) is 5.09. The number of amides is 1. The Bertz CT molecular complexity index is 253. The molecule has 0 aromatic rings. The van der Waals surface area contributed by atoms with Crippen LogP contribution in [0.4, 0.5) is 0 Å². The summed E-state index contributed by atoms with van der Waals surface area (Å²) in [5.41, 5.74) is 0. The van der Waals surface area contributed by atoms with Crippen LogP contribution in [0.5, 0.6) is 0 Å². The van der Waals surface area contributed by atoms with Gasteiger partial charge in [0.25, 0.3) is 0 Å². The van der Waals surface area contributed by atoms with Crippen molar-refractivity contribution in [2.24, 2.45) is 5.92 Å². The van der Waals surface area contributed by atoms with Crippen molar-refractivity contribution < 1.29 is 19.8 Å². The molecule has 1 aliphatic carbocycles. The Hall–Kier alpha value is -1.14. The summed E-state index contributed by atoms with van der Waals surface area (Å²) in [4.78, 5) is 22.0. The van der Waals surface area contributed by atoms with E-state index in [2.05, 4.69) is 10.6 Å². The molecule has 0 aromatic heterocycles. The molecule has 1 fully saturated rings. The molecule has 1 saturated carbocycles. The lowest BCUT2D eigenvalue weighted by Gasteiger charge is -2.13. The minimum absolute atomic E-state index is 0.0314. The van der Waals surface area contributed by atoms with Crippen molar-refractivity contribution in [2.45, 2.75) is 25.3 Å². The quantitative estimate of drug-likeness (QED) is 0.426.